The SMILES string of the molecule is CCNC(=O)C(C)Oc1ccc(F)cc1/C=C/C(=O)O. The number of carbonyl (C=O) groups excluding carboxylic acids is 1. The number of carboxylic acid groups (broad SMARTS) is 1. The Hall–Kier alpha value is -2.37. The minimum atomic E-state index is -1.16. The molecule has 0 saturated carbocycles. The van der Waals surface area contributed by atoms with Gasteiger partial charge in [0.2, 0.25) is 0 Å². The lowest BCUT2D eigenvalue weighted by Crippen LogP contribution is -2.36. The lowest BCUT2D eigenvalue weighted by atomic mass is 10.1. The molecule has 0 aliphatic heterocycles. The highest BCUT2D eigenvalue weighted by molar-refractivity contribution is 5.86. The number of hydrogen-bond acceptors (Lipinski definition) is 3. The molecule has 1 unspecified atom stereocenters. The second-order valence-electron chi connectivity index (χ2n) is 4.01. The van der Waals surface area contributed by atoms with Crippen LogP contribution in [0.25, 0.3) is 6.08 Å². The van der Waals surface area contributed by atoms with Gasteiger partial charge in [0.15, 0.2) is 6.10 Å². The van der Waals surface area contributed by atoms with E-state index < -0.39 is 17.9 Å². The van der Waals surface area contributed by atoms with E-state index in [4.69, 9.17) is 9.84 Å². The van der Waals surface area contributed by atoms with Crippen LogP contribution in [0.5, 0.6) is 5.75 Å². The Morgan fingerprint density at radius 2 is 2.20 bits per heavy atom. The molecule has 108 valence electrons. The molecule has 0 spiro atoms. The van der Waals surface area contributed by atoms with Crippen LogP contribution < -0.4 is 10.1 Å². The van der Waals surface area contributed by atoms with Crippen LogP contribution in [0.15, 0.2) is 24.3 Å². The Labute approximate surface area is 116 Å². The van der Waals surface area contributed by atoms with Crippen LogP contribution in [0.4, 0.5) is 4.39 Å². The Morgan fingerprint density at radius 1 is 1.50 bits per heavy atom. The molecule has 20 heavy (non-hydrogen) atoms. The van der Waals surface area contributed by atoms with E-state index in [0.717, 1.165) is 12.1 Å². The maximum Gasteiger partial charge on any atom is 0.328 e. The normalized spacial score (nSPS) is 12.2. The Kier molecular flexibility index (Phi) is 5.71. The van der Waals surface area contributed by atoms with E-state index in [1.54, 1.807) is 13.8 Å². The summed E-state index contributed by atoms with van der Waals surface area (Å²) in [4.78, 5) is 22.1. The van der Waals surface area contributed by atoms with E-state index in [9.17, 15) is 14.0 Å². The maximum absolute atomic E-state index is 13.2. The van der Waals surface area contributed by atoms with Crippen molar-refractivity contribution in [3.63, 3.8) is 0 Å². The monoisotopic (exact) mass is 281 g/mol. The predicted octanol–water partition coefficient (Wildman–Crippen LogP) is 1.83. The summed E-state index contributed by atoms with van der Waals surface area (Å²) in [6, 6.07) is 3.67. The summed E-state index contributed by atoms with van der Waals surface area (Å²) < 4.78 is 18.6. The summed E-state index contributed by atoms with van der Waals surface area (Å²) in [6.07, 6.45) is 1.32. The molecule has 0 heterocycles. The lowest BCUT2D eigenvalue weighted by Gasteiger charge is -2.15. The topological polar surface area (TPSA) is 75.6 Å². The molecule has 0 aromatic heterocycles. The van der Waals surface area contributed by atoms with Crippen LogP contribution in [0.1, 0.15) is 19.4 Å². The van der Waals surface area contributed by atoms with Gasteiger partial charge in [-0.1, -0.05) is 0 Å². The van der Waals surface area contributed by atoms with E-state index >= 15 is 0 Å². The zero-order valence-corrected chi connectivity index (χ0v) is 11.2. The highest BCUT2D eigenvalue weighted by Crippen LogP contribution is 2.22. The average molecular weight is 281 g/mol. The molecule has 1 atom stereocenters. The molecule has 0 radical (unpaired) electrons. The molecule has 1 amide bonds. The highest BCUT2D eigenvalue weighted by Gasteiger charge is 2.15. The van der Waals surface area contributed by atoms with Crippen LogP contribution in [0.2, 0.25) is 0 Å². The molecule has 6 heteroatoms. The number of hydrogen-bond donors (Lipinski definition) is 2. The van der Waals surface area contributed by atoms with Crippen molar-refractivity contribution in [2.45, 2.75) is 20.0 Å². The van der Waals surface area contributed by atoms with E-state index in [2.05, 4.69) is 5.32 Å². The summed E-state index contributed by atoms with van der Waals surface area (Å²) in [7, 11) is 0. The number of benzene rings is 1. The Morgan fingerprint density at radius 3 is 2.80 bits per heavy atom. The van der Waals surface area contributed by atoms with Crippen molar-refractivity contribution in [2.24, 2.45) is 0 Å². The third-order valence-corrected chi connectivity index (χ3v) is 2.40. The first kappa shape index (κ1) is 15.7. The molecule has 0 aliphatic rings. The van der Waals surface area contributed by atoms with Gasteiger partial charge >= 0.3 is 5.97 Å². The molecule has 2 N–H and O–H groups in total. The standard InChI is InChI=1S/C14H16FNO4/c1-3-16-14(19)9(2)20-12-6-5-11(15)8-10(12)4-7-13(17)18/h4-9H,3H2,1-2H3,(H,16,19)(H,17,18)/b7-4+. The van der Waals surface area contributed by atoms with Gasteiger partial charge in [-0.05, 0) is 38.1 Å². The average Bonchev–Trinajstić information content (AvgIpc) is 2.39. The maximum atomic E-state index is 13.2. The molecule has 0 fully saturated rings. The molecule has 0 saturated heterocycles. The van der Waals surface area contributed by atoms with Gasteiger partial charge < -0.3 is 15.2 Å². The van der Waals surface area contributed by atoms with Crippen LogP contribution in [-0.2, 0) is 9.59 Å². The third-order valence-electron chi connectivity index (χ3n) is 2.40. The van der Waals surface area contributed by atoms with E-state index in [1.165, 1.54) is 18.2 Å². The summed E-state index contributed by atoms with van der Waals surface area (Å²) >= 11 is 0. The summed E-state index contributed by atoms with van der Waals surface area (Å²) in [6.45, 7) is 3.81. The number of likely N-dealkylation sites (N-methyl/N-ethyl adjacent to an activating group) is 1. The quantitative estimate of drug-likeness (QED) is 0.780. The zero-order valence-electron chi connectivity index (χ0n) is 11.2. The van der Waals surface area contributed by atoms with Gasteiger partial charge in [-0.25, -0.2) is 9.18 Å². The van der Waals surface area contributed by atoms with Gasteiger partial charge in [0, 0.05) is 18.2 Å². The number of nitrogens with one attached hydrogen (secondary N) is 1. The molecular weight excluding hydrogens is 265 g/mol. The van der Waals surface area contributed by atoms with Gasteiger partial charge in [0.25, 0.3) is 5.91 Å². The van der Waals surface area contributed by atoms with Crippen LogP contribution in [-0.4, -0.2) is 29.6 Å². The number of amides is 1. The second kappa shape index (κ2) is 7.28. The fourth-order valence-corrected chi connectivity index (χ4v) is 1.48. The fourth-order valence-electron chi connectivity index (χ4n) is 1.48. The largest absolute Gasteiger partial charge is 0.480 e. The van der Waals surface area contributed by atoms with Crippen molar-refractivity contribution in [3.8, 4) is 5.75 Å². The minimum absolute atomic E-state index is 0.239. The molecule has 0 bridgehead atoms. The summed E-state index contributed by atoms with van der Waals surface area (Å²) in [5.41, 5.74) is 0.253. The number of carboxylic acids is 1. The van der Waals surface area contributed by atoms with Crippen LogP contribution >= 0.6 is 0 Å². The van der Waals surface area contributed by atoms with Gasteiger partial charge in [0.1, 0.15) is 11.6 Å². The van der Waals surface area contributed by atoms with E-state index in [1.807, 2.05) is 0 Å². The minimum Gasteiger partial charge on any atom is -0.480 e. The van der Waals surface area contributed by atoms with Crippen molar-refractivity contribution < 1.29 is 23.8 Å². The first-order chi connectivity index (χ1) is 9.43. The number of halogens is 1. The van der Waals surface area contributed by atoms with Crippen LogP contribution in [0, 0.1) is 5.82 Å². The molecule has 1 aromatic rings. The van der Waals surface area contributed by atoms with Gasteiger partial charge in [0.05, 0.1) is 0 Å². The third kappa shape index (κ3) is 4.72. The molecule has 0 aliphatic carbocycles. The number of rotatable bonds is 6. The second-order valence-corrected chi connectivity index (χ2v) is 4.01. The van der Waals surface area contributed by atoms with Crippen molar-refractivity contribution in [1.29, 1.82) is 0 Å². The number of aliphatic carboxylic acids is 1. The summed E-state index contributed by atoms with van der Waals surface area (Å²) in [5, 5.41) is 11.2. The van der Waals surface area contributed by atoms with Crippen molar-refractivity contribution >= 4 is 18.0 Å². The Bertz CT molecular complexity index is 528. The fraction of sp³-hybridized carbons (Fsp3) is 0.286. The molecular formula is C14H16FNO4. The molecule has 1 aromatic carbocycles. The molecule has 1 rings (SSSR count). The summed E-state index contributed by atoms with van der Waals surface area (Å²) in [5.74, 6) is -1.74. The smallest absolute Gasteiger partial charge is 0.328 e. The number of carbonyl (C=O) groups is 2. The van der Waals surface area contributed by atoms with E-state index in [0.29, 0.717) is 6.54 Å². The van der Waals surface area contributed by atoms with Crippen molar-refractivity contribution in [3.05, 3.63) is 35.7 Å². The van der Waals surface area contributed by atoms with Crippen LogP contribution in [0.3, 0.4) is 0 Å². The highest BCUT2D eigenvalue weighted by atomic mass is 19.1. The number of ether oxygens (including phenoxy) is 1. The first-order valence-corrected chi connectivity index (χ1v) is 6.09. The van der Waals surface area contributed by atoms with Gasteiger partial charge in [-0.3, -0.25) is 4.79 Å². The van der Waals surface area contributed by atoms with E-state index in [-0.39, 0.29) is 17.2 Å². The lowest BCUT2D eigenvalue weighted by molar-refractivity contribution is -0.131. The van der Waals surface area contributed by atoms with Crippen molar-refractivity contribution in [1.82, 2.24) is 5.32 Å². The predicted molar refractivity (Wildman–Crippen MR) is 71.8 cm³/mol. The Balaban J connectivity index is 2.94. The van der Waals surface area contributed by atoms with Gasteiger partial charge in [-0.2, -0.15) is 0 Å². The first-order valence-electron chi connectivity index (χ1n) is 6.09. The zero-order chi connectivity index (χ0) is 15.1. The molecule has 5 nitrogen and oxygen atoms in total. The van der Waals surface area contributed by atoms with Gasteiger partial charge in [-0.15, -0.1) is 0 Å². The van der Waals surface area contributed by atoms with Crippen molar-refractivity contribution in [2.75, 3.05) is 6.54 Å².